The smallest absolute Gasteiger partial charge is 0.346 e. The monoisotopic (exact) mass is 215 g/mol. The van der Waals surface area contributed by atoms with Gasteiger partial charge in [0.25, 0.3) is 0 Å². The predicted molar refractivity (Wildman–Crippen MR) is 54.6 cm³/mol. The van der Waals surface area contributed by atoms with Crippen molar-refractivity contribution in [2.75, 3.05) is 12.9 Å². The first-order chi connectivity index (χ1) is 6.69. The second-order valence-electron chi connectivity index (χ2n) is 2.80. The van der Waals surface area contributed by atoms with Gasteiger partial charge < -0.3 is 10.1 Å². The molecule has 0 bridgehead atoms. The van der Waals surface area contributed by atoms with Gasteiger partial charge in [-0.15, -0.1) is 11.8 Å². The normalized spacial score (nSPS) is 15.6. The van der Waals surface area contributed by atoms with Crippen molar-refractivity contribution < 1.29 is 14.3 Å². The summed E-state index contributed by atoms with van der Waals surface area (Å²) in [4.78, 5) is 22.9. The number of nitrogens with one attached hydrogen (secondary N) is 1. The Balaban J connectivity index is 2.72. The van der Waals surface area contributed by atoms with Crippen molar-refractivity contribution in [3.8, 4) is 0 Å². The van der Waals surface area contributed by atoms with Gasteiger partial charge in [-0.05, 0) is 6.42 Å². The van der Waals surface area contributed by atoms with Gasteiger partial charge in [0, 0.05) is 17.9 Å². The van der Waals surface area contributed by atoms with Crippen molar-refractivity contribution in [1.82, 2.24) is 5.32 Å². The van der Waals surface area contributed by atoms with Crippen molar-refractivity contribution >= 4 is 23.6 Å². The van der Waals surface area contributed by atoms with Crippen LogP contribution in [0.3, 0.4) is 0 Å². The number of methoxy groups -OCH3 is 1. The number of esters is 1. The standard InChI is InChI=1S/C9H13NO3S/c1-3-7(11)10-6-4-5-14-8(6)9(12)13-2/h3-5H2,1-2H3,(H,10,11). The third kappa shape index (κ3) is 2.51. The summed E-state index contributed by atoms with van der Waals surface area (Å²) >= 11 is 1.43. The molecule has 1 aliphatic heterocycles. The van der Waals surface area contributed by atoms with E-state index in [0.717, 1.165) is 12.2 Å². The quantitative estimate of drug-likeness (QED) is 0.714. The molecule has 1 amide bonds. The molecule has 0 atom stereocenters. The lowest BCUT2D eigenvalue weighted by Crippen LogP contribution is -2.22. The molecule has 1 N–H and O–H groups in total. The fourth-order valence-corrected chi connectivity index (χ4v) is 2.15. The van der Waals surface area contributed by atoms with Crippen LogP contribution in [0, 0.1) is 0 Å². The maximum Gasteiger partial charge on any atom is 0.346 e. The molecule has 14 heavy (non-hydrogen) atoms. The number of hydrogen-bond donors (Lipinski definition) is 1. The topological polar surface area (TPSA) is 55.4 Å². The highest BCUT2D eigenvalue weighted by molar-refractivity contribution is 8.04. The maximum absolute atomic E-state index is 11.2. The van der Waals surface area contributed by atoms with Gasteiger partial charge in [-0.3, -0.25) is 4.79 Å². The molecule has 0 fully saturated rings. The first-order valence-electron chi connectivity index (χ1n) is 4.43. The van der Waals surface area contributed by atoms with Gasteiger partial charge in [-0.25, -0.2) is 4.79 Å². The molecule has 0 saturated heterocycles. The van der Waals surface area contributed by atoms with E-state index in [4.69, 9.17) is 0 Å². The van der Waals surface area contributed by atoms with E-state index in [2.05, 4.69) is 10.1 Å². The highest BCUT2D eigenvalue weighted by atomic mass is 32.2. The van der Waals surface area contributed by atoms with Crippen LogP contribution in [0.25, 0.3) is 0 Å². The molecule has 1 heterocycles. The first-order valence-corrected chi connectivity index (χ1v) is 5.41. The summed E-state index contributed by atoms with van der Waals surface area (Å²) in [6.07, 6.45) is 1.14. The molecule has 1 rings (SSSR count). The summed E-state index contributed by atoms with van der Waals surface area (Å²) in [5.41, 5.74) is 0.703. The van der Waals surface area contributed by atoms with Gasteiger partial charge in [0.2, 0.25) is 5.91 Å². The van der Waals surface area contributed by atoms with E-state index >= 15 is 0 Å². The van der Waals surface area contributed by atoms with E-state index in [9.17, 15) is 9.59 Å². The highest BCUT2D eigenvalue weighted by Crippen LogP contribution is 2.30. The number of ether oxygens (including phenoxy) is 1. The number of amides is 1. The van der Waals surface area contributed by atoms with Crippen LogP contribution in [-0.2, 0) is 14.3 Å². The van der Waals surface area contributed by atoms with Gasteiger partial charge in [-0.1, -0.05) is 6.92 Å². The van der Waals surface area contributed by atoms with Crippen LogP contribution in [0.4, 0.5) is 0 Å². The van der Waals surface area contributed by atoms with Gasteiger partial charge in [0.1, 0.15) is 4.91 Å². The molecule has 0 radical (unpaired) electrons. The highest BCUT2D eigenvalue weighted by Gasteiger charge is 2.23. The lowest BCUT2D eigenvalue weighted by molar-refractivity contribution is -0.135. The van der Waals surface area contributed by atoms with Crippen molar-refractivity contribution in [1.29, 1.82) is 0 Å². The Labute approximate surface area is 87.1 Å². The van der Waals surface area contributed by atoms with E-state index in [1.54, 1.807) is 6.92 Å². The minimum atomic E-state index is -0.362. The van der Waals surface area contributed by atoms with E-state index in [-0.39, 0.29) is 11.9 Å². The summed E-state index contributed by atoms with van der Waals surface area (Å²) in [5, 5.41) is 2.71. The van der Waals surface area contributed by atoms with Crippen molar-refractivity contribution in [3.63, 3.8) is 0 Å². The molecule has 0 aromatic heterocycles. The van der Waals surface area contributed by atoms with Crippen LogP contribution in [0.15, 0.2) is 10.6 Å². The molecule has 5 heteroatoms. The van der Waals surface area contributed by atoms with Crippen LogP contribution in [0.5, 0.6) is 0 Å². The third-order valence-electron chi connectivity index (χ3n) is 1.85. The third-order valence-corrected chi connectivity index (χ3v) is 2.96. The second kappa shape index (κ2) is 5.05. The number of allylic oxidation sites excluding steroid dienone is 1. The van der Waals surface area contributed by atoms with Gasteiger partial charge >= 0.3 is 5.97 Å². The molecule has 0 saturated carbocycles. The molecule has 4 nitrogen and oxygen atoms in total. The molecule has 0 aliphatic carbocycles. The molecule has 0 aromatic carbocycles. The van der Waals surface area contributed by atoms with Crippen molar-refractivity contribution in [2.45, 2.75) is 19.8 Å². The molecule has 78 valence electrons. The minimum Gasteiger partial charge on any atom is -0.465 e. The zero-order chi connectivity index (χ0) is 10.6. The Bertz CT molecular complexity index is 286. The average Bonchev–Trinajstić information content (AvgIpc) is 2.64. The molecule has 0 aromatic rings. The Morgan fingerprint density at radius 2 is 2.29 bits per heavy atom. The van der Waals surface area contributed by atoms with Crippen molar-refractivity contribution in [3.05, 3.63) is 10.6 Å². The summed E-state index contributed by atoms with van der Waals surface area (Å²) in [7, 11) is 1.34. The fourth-order valence-electron chi connectivity index (χ4n) is 1.11. The van der Waals surface area contributed by atoms with Crippen LogP contribution in [0.1, 0.15) is 19.8 Å². The summed E-state index contributed by atoms with van der Waals surface area (Å²) in [6, 6.07) is 0. The number of carbonyl (C=O) groups excluding carboxylic acids is 2. The zero-order valence-corrected chi connectivity index (χ0v) is 9.07. The molecule has 1 aliphatic rings. The molecular formula is C9H13NO3S. The molecule has 0 unspecified atom stereocenters. The number of carbonyl (C=O) groups is 2. The predicted octanol–water partition coefficient (Wildman–Crippen LogP) is 1.03. The lowest BCUT2D eigenvalue weighted by Gasteiger charge is -2.05. The second-order valence-corrected chi connectivity index (χ2v) is 3.90. The zero-order valence-electron chi connectivity index (χ0n) is 8.25. The molecular weight excluding hydrogens is 202 g/mol. The maximum atomic E-state index is 11.2. The van der Waals surface area contributed by atoms with Crippen LogP contribution in [0.2, 0.25) is 0 Å². The average molecular weight is 215 g/mol. The van der Waals surface area contributed by atoms with Crippen LogP contribution >= 0.6 is 11.8 Å². The lowest BCUT2D eigenvalue weighted by atomic mass is 10.3. The SMILES string of the molecule is CCC(=O)NC1=C(C(=O)OC)SCC1. The van der Waals surface area contributed by atoms with Crippen LogP contribution in [-0.4, -0.2) is 24.7 Å². The van der Waals surface area contributed by atoms with E-state index in [1.165, 1.54) is 18.9 Å². The first kappa shape index (κ1) is 11.1. The Morgan fingerprint density at radius 3 is 2.86 bits per heavy atom. The largest absolute Gasteiger partial charge is 0.465 e. The Kier molecular flexibility index (Phi) is 4.00. The number of rotatable bonds is 3. The van der Waals surface area contributed by atoms with E-state index in [1.807, 2.05) is 0 Å². The Morgan fingerprint density at radius 1 is 1.57 bits per heavy atom. The van der Waals surface area contributed by atoms with Crippen molar-refractivity contribution in [2.24, 2.45) is 0 Å². The summed E-state index contributed by atoms with van der Waals surface area (Å²) < 4.78 is 4.61. The van der Waals surface area contributed by atoms with Crippen LogP contribution < -0.4 is 5.32 Å². The summed E-state index contributed by atoms with van der Waals surface area (Å²) in [5.74, 6) is 0.395. The van der Waals surface area contributed by atoms with E-state index < -0.39 is 0 Å². The van der Waals surface area contributed by atoms with Gasteiger partial charge in [0.15, 0.2) is 0 Å². The number of thioether (sulfide) groups is 1. The van der Waals surface area contributed by atoms with Gasteiger partial charge in [-0.2, -0.15) is 0 Å². The Hall–Kier alpha value is -0.970. The number of hydrogen-bond acceptors (Lipinski definition) is 4. The fraction of sp³-hybridized carbons (Fsp3) is 0.556. The molecule has 0 spiro atoms. The van der Waals surface area contributed by atoms with E-state index in [0.29, 0.717) is 17.0 Å². The van der Waals surface area contributed by atoms with Gasteiger partial charge in [0.05, 0.1) is 7.11 Å². The minimum absolute atomic E-state index is 0.0658. The summed E-state index contributed by atoms with van der Waals surface area (Å²) in [6.45, 7) is 1.77.